The van der Waals surface area contributed by atoms with E-state index in [1.807, 2.05) is 0 Å². The van der Waals surface area contributed by atoms with E-state index in [1.165, 1.54) is 65.4 Å². The van der Waals surface area contributed by atoms with Crippen molar-refractivity contribution in [2.75, 3.05) is 105 Å². The summed E-state index contributed by atoms with van der Waals surface area (Å²) in [6.45, 7) is 8.75. The second-order valence-corrected chi connectivity index (χ2v) is 22.1. The third-order valence-electron chi connectivity index (χ3n) is 15.2. The third-order valence-corrected chi connectivity index (χ3v) is 16.4. The maximum Gasteiger partial charge on any atom is 0.246 e. The fourth-order valence-electron chi connectivity index (χ4n) is 10.4. The SMILES string of the molecule is C/C=C\C(F)=C/C1C(=O)N(C)Cc2c(c(C#N)nn2CCNC(=O)CCOCCOCCOCCOCCC(=O)N2CCC([C@H](NC(=O)[C@H](C)NC)C(=O)N3CCC[C@H]3C3=NC(C(=O)c4ccc(F)cc4)CS3)CC2)-c2cnc(N)c(c2)O[C@@H]1C. The Balaban J connectivity index is 0.751. The summed E-state index contributed by atoms with van der Waals surface area (Å²) in [5.41, 5.74) is 8.00. The Hall–Kier alpha value is -7.15. The van der Waals surface area contributed by atoms with Crippen molar-refractivity contribution in [2.24, 2.45) is 16.8 Å². The summed E-state index contributed by atoms with van der Waals surface area (Å²) < 4.78 is 58.4. The van der Waals surface area contributed by atoms with Gasteiger partial charge in [0.2, 0.25) is 29.5 Å². The first-order valence-electron chi connectivity index (χ1n) is 28.8. The second kappa shape index (κ2) is 32.4. The van der Waals surface area contributed by atoms with E-state index in [2.05, 4.69) is 32.1 Å². The quantitative estimate of drug-likeness (QED) is 0.0454. The molecule has 0 saturated carbocycles. The number of nitriles is 1. The van der Waals surface area contributed by atoms with Crippen molar-refractivity contribution in [3.63, 3.8) is 0 Å². The van der Waals surface area contributed by atoms with Gasteiger partial charge in [-0.1, -0.05) is 6.08 Å². The lowest BCUT2D eigenvalue weighted by Crippen LogP contribution is -2.58. The number of benzene rings is 1. The lowest BCUT2D eigenvalue weighted by Gasteiger charge is -2.38. The Morgan fingerprint density at radius 1 is 0.976 bits per heavy atom. The number of hydrogen-bond acceptors (Lipinski definition) is 18. The molecule has 4 aliphatic heterocycles. The summed E-state index contributed by atoms with van der Waals surface area (Å²) >= 11 is 1.46. The molecule has 6 atom stereocenters. The average Bonchev–Trinajstić information content (AvgIpc) is 3.44. The van der Waals surface area contributed by atoms with Gasteiger partial charge in [0.25, 0.3) is 0 Å². The Morgan fingerprint density at radius 2 is 1.65 bits per heavy atom. The molecule has 0 aliphatic carbocycles. The van der Waals surface area contributed by atoms with Crippen LogP contribution in [-0.2, 0) is 56.0 Å². The number of aliphatic imine (C=N–C) groups is 1. The highest BCUT2D eigenvalue weighted by molar-refractivity contribution is 8.14. The van der Waals surface area contributed by atoms with Crippen LogP contribution in [0.2, 0.25) is 0 Å². The number of nitrogens with zero attached hydrogens (tertiary/aromatic N) is 8. The number of amides is 5. The number of likely N-dealkylation sites (tertiary alicyclic amines) is 2. The van der Waals surface area contributed by atoms with Gasteiger partial charge >= 0.3 is 0 Å². The Morgan fingerprint density at radius 3 is 2.31 bits per heavy atom. The van der Waals surface area contributed by atoms with Crippen LogP contribution in [0.4, 0.5) is 14.6 Å². The lowest BCUT2D eigenvalue weighted by atomic mass is 9.88. The fraction of sp³-hybridized carbons (Fsp3) is 0.559. The number of aromatic nitrogens is 3. The van der Waals surface area contributed by atoms with E-state index < -0.39 is 47.7 Å². The first kappa shape index (κ1) is 65.4. The minimum absolute atomic E-state index is 0.00334. The van der Waals surface area contributed by atoms with E-state index in [0.29, 0.717) is 91.9 Å². The number of Topliss-reactive ketones (excluding diaryl/α,β-unsaturated/α-hetero) is 1. The maximum atomic E-state index is 14.8. The number of fused-ring (bicyclic) bond motifs is 4. The van der Waals surface area contributed by atoms with Crippen LogP contribution in [0.1, 0.15) is 81.0 Å². The molecule has 2 saturated heterocycles. The van der Waals surface area contributed by atoms with E-state index in [9.17, 15) is 42.8 Å². The van der Waals surface area contributed by atoms with Gasteiger partial charge in [-0.3, -0.25) is 38.4 Å². The van der Waals surface area contributed by atoms with Gasteiger partial charge in [0.1, 0.15) is 35.9 Å². The van der Waals surface area contributed by atoms with Gasteiger partial charge in [-0.25, -0.2) is 13.8 Å². The minimum Gasteiger partial charge on any atom is -0.486 e. The van der Waals surface area contributed by atoms with E-state index in [1.54, 1.807) is 55.4 Å². The van der Waals surface area contributed by atoms with Crippen LogP contribution < -0.4 is 26.4 Å². The number of hydrogen-bond donors (Lipinski definition) is 4. The van der Waals surface area contributed by atoms with Crippen molar-refractivity contribution >= 4 is 57.9 Å². The van der Waals surface area contributed by atoms with Crippen LogP contribution >= 0.6 is 11.8 Å². The van der Waals surface area contributed by atoms with E-state index >= 15 is 0 Å². The molecule has 1 aromatic carbocycles. The number of ether oxygens (including phenoxy) is 5. The minimum atomic E-state index is -1.04. The topological polar surface area (TPSA) is 287 Å². The molecule has 460 valence electrons. The average molecular weight is 1200 g/mol. The number of nitrogen functional groups attached to an aromatic ring is 1. The van der Waals surface area contributed by atoms with Crippen LogP contribution in [0.25, 0.3) is 11.1 Å². The number of nitrogens with one attached hydrogen (secondary N) is 3. The number of halogens is 2. The standard InChI is InChI=1S/C59H78F2N12O11S/c1-6-8-43(61)32-44-38(3)84-49-31-41(34-66-55(49)63)52-45(33-62)69-73(48(52)35-70(5)58(44)78)22-18-65-50(74)16-23-80-25-27-82-29-30-83-28-26-81-24-17-51(75)71-20-14-39(15-21-71)53(68-56(77)37(2)64-4)59(79)72-19-7-9-47(72)57-67-46(36-85-57)54(76)40-10-12-42(60)13-11-40/h6,8,10-13,31-32,34,37-39,44,46-47,53,64H,7,9,14-30,35-36H2,1-5H3,(H2,63,66)(H,65,74)(H,68,77)/b8-6-,43-32+/t37-,38+,44?,46?,47-,53-/m0/s1. The van der Waals surface area contributed by atoms with Crippen LogP contribution in [0.3, 0.4) is 0 Å². The Labute approximate surface area is 498 Å². The first-order chi connectivity index (χ1) is 41.0. The first-order valence-corrected chi connectivity index (χ1v) is 29.8. The van der Waals surface area contributed by atoms with Crippen LogP contribution in [0, 0.1) is 29.0 Å². The van der Waals surface area contributed by atoms with Crippen molar-refractivity contribution < 1.29 is 61.2 Å². The van der Waals surface area contributed by atoms with Gasteiger partial charge < -0.3 is 60.1 Å². The molecule has 23 nitrogen and oxygen atoms in total. The number of piperidine rings is 1. The van der Waals surface area contributed by atoms with Crippen LogP contribution in [0.15, 0.2) is 65.6 Å². The predicted molar refractivity (Wildman–Crippen MR) is 313 cm³/mol. The zero-order valence-electron chi connectivity index (χ0n) is 48.9. The number of nitrogens with two attached hydrogens (primary N) is 1. The van der Waals surface area contributed by atoms with Crippen molar-refractivity contribution in [2.45, 2.75) is 103 Å². The largest absolute Gasteiger partial charge is 0.486 e. The van der Waals surface area contributed by atoms with Gasteiger partial charge in [0.05, 0.1) is 101 Å². The van der Waals surface area contributed by atoms with Crippen LogP contribution in [0.5, 0.6) is 5.75 Å². The molecule has 3 aromatic rings. The molecule has 2 bridgehead atoms. The van der Waals surface area contributed by atoms with Gasteiger partial charge in [-0.15, -0.1) is 11.8 Å². The number of thioether (sulfide) groups is 1. The van der Waals surface area contributed by atoms with Crippen molar-refractivity contribution in [3.8, 4) is 22.9 Å². The Bertz CT molecular complexity index is 2950. The molecule has 7 rings (SSSR count). The number of carbonyl (C=O) groups is 6. The number of ketones is 1. The van der Waals surface area contributed by atoms with Gasteiger partial charge in [0, 0.05) is 68.3 Å². The summed E-state index contributed by atoms with van der Waals surface area (Å²) in [6.07, 6.45) is 7.33. The molecule has 0 radical (unpaired) electrons. The van der Waals surface area contributed by atoms with E-state index in [4.69, 9.17) is 34.4 Å². The molecule has 5 amide bonds. The predicted octanol–water partition coefficient (Wildman–Crippen LogP) is 4.00. The number of carbonyl (C=O) groups excluding carboxylic acids is 6. The number of likely N-dealkylation sites (N-methyl/N-ethyl adjacent to an activating group) is 1. The zero-order chi connectivity index (χ0) is 61.0. The molecule has 6 heterocycles. The van der Waals surface area contributed by atoms with Crippen molar-refractivity contribution in [1.82, 2.24) is 45.4 Å². The number of pyridine rings is 1. The molecule has 5 N–H and O–H groups in total. The lowest BCUT2D eigenvalue weighted by molar-refractivity contribution is -0.140. The highest BCUT2D eigenvalue weighted by Crippen LogP contribution is 2.36. The van der Waals surface area contributed by atoms with E-state index in [0.717, 1.165) is 6.42 Å². The molecule has 0 spiro atoms. The number of rotatable bonds is 28. The van der Waals surface area contributed by atoms with E-state index in [-0.39, 0.29) is 124 Å². The molecular formula is C59H78F2N12O11S. The van der Waals surface area contributed by atoms with Crippen molar-refractivity contribution in [3.05, 3.63) is 83.4 Å². The summed E-state index contributed by atoms with van der Waals surface area (Å²) in [7, 11) is 3.24. The molecule has 85 heavy (non-hydrogen) atoms. The molecule has 2 aromatic heterocycles. The highest BCUT2D eigenvalue weighted by atomic mass is 32.2. The normalized spacial score (nSPS) is 20.1. The monoisotopic (exact) mass is 1200 g/mol. The van der Waals surface area contributed by atoms with Crippen LogP contribution in [-0.4, -0.2) is 199 Å². The summed E-state index contributed by atoms with van der Waals surface area (Å²) in [4.78, 5) is 94.7. The van der Waals surface area contributed by atoms with Gasteiger partial charge in [0.15, 0.2) is 23.0 Å². The second-order valence-electron chi connectivity index (χ2n) is 21.1. The summed E-state index contributed by atoms with van der Waals surface area (Å²) in [6, 6.07) is 6.85. The fourth-order valence-corrected chi connectivity index (χ4v) is 11.6. The molecule has 2 unspecified atom stereocenters. The highest BCUT2D eigenvalue weighted by Gasteiger charge is 2.43. The van der Waals surface area contributed by atoms with Gasteiger partial charge in [-0.05, 0) is 102 Å². The molecule has 26 heteroatoms. The number of allylic oxidation sites excluding steroid dienone is 3. The summed E-state index contributed by atoms with van der Waals surface area (Å²) in [5, 5.41) is 24.2. The molecule has 2 fully saturated rings. The van der Waals surface area contributed by atoms with Crippen molar-refractivity contribution in [1.29, 1.82) is 5.26 Å². The molecular weight excluding hydrogens is 1120 g/mol. The Kier molecular flexibility index (Phi) is 24.9. The number of anilines is 1. The smallest absolute Gasteiger partial charge is 0.246 e. The van der Waals surface area contributed by atoms with Gasteiger partial charge in [-0.2, -0.15) is 10.4 Å². The molecule has 4 aliphatic rings. The third kappa shape index (κ3) is 18.0. The maximum absolute atomic E-state index is 14.8. The zero-order valence-corrected chi connectivity index (χ0v) is 49.7. The summed E-state index contributed by atoms with van der Waals surface area (Å²) in [5.74, 6) is -3.12.